The highest BCUT2D eigenvalue weighted by Crippen LogP contribution is 2.29. The highest BCUT2D eigenvalue weighted by atomic mass is 19.4. The Morgan fingerprint density at radius 1 is 1.03 bits per heavy atom. The fourth-order valence-electron chi connectivity index (χ4n) is 4.03. The topological polar surface area (TPSA) is 53.1 Å². The maximum atomic E-state index is 12.8. The molecule has 2 aromatic rings. The van der Waals surface area contributed by atoms with Crippen molar-refractivity contribution in [3.8, 4) is 5.75 Å². The van der Waals surface area contributed by atoms with Gasteiger partial charge < -0.3 is 19.4 Å². The lowest BCUT2D eigenvalue weighted by molar-refractivity contribution is -0.137. The van der Waals surface area contributed by atoms with Crippen LogP contribution in [0.25, 0.3) is 0 Å². The summed E-state index contributed by atoms with van der Waals surface area (Å²) >= 11 is 0. The number of rotatable bonds is 4. The summed E-state index contributed by atoms with van der Waals surface area (Å²) in [5, 5.41) is 0. The molecule has 2 aliphatic heterocycles. The molecule has 0 aromatic heterocycles. The van der Waals surface area contributed by atoms with E-state index >= 15 is 0 Å². The van der Waals surface area contributed by atoms with Crippen LogP contribution in [0.4, 0.5) is 18.0 Å². The van der Waals surface area contributed by atoms with Gasteiger partial charge in [0.15, 0.2) is 0 Å². The van der Waals surface area contributed by atoms with Crippen LogP contribution in [0.1, 0.15) is 21.5 Å². The second-order valence-electron chi connectivity index (χ2n) is 7.68. The van der Waals surface area contributed by atoms with Gasteiger partial charge >= 0.3 is 12.2 Å². The molecular weight excluding hydrogens is 411 g/mol. The number of nitrogens with zero attached hydrogens (tertiary/aromatic N) is 3. The molecule has 2 fully saturated rings. The van der Waals surface area contributed by atoms with Gasteiger partial charge in [-0.25, -0.2) is 4.79 Å². The van der Waals surface area contributed by atoms with Crippen LogP contribution in [0, 0.1) is 0 Å². The lowest BCUT2D eigenvalue weighted by atomic mass is 10.1. The average molecular weight is 433 g/mol. The van der Waals surface area contributed by atoms with E-state index < -0.39 is 11.7 Å². The molecular formula is C22H22F3N3O3. The molecule has 0 bridgehead atoms. The maximum Gasteiger partial charge on any atom is 0.416 e. The summed E-state index contributed by atoms with van der Waals surface area (Å²) in [6.07, 6.45) is -4.44. The third-order valence-electron chi connectivity index (χ3n) is 5.71. The van der Waals surface area contributed by atoms with Crippen LogP contribution in [-0.4, -0.2) is 66.0 Å². The Kier molecular flexibility index (Phi) is 5.51. The van der Waals surface area contributed by atoms with Gasteiger partial charge in [0.25, 0.3) is 5.91 Å². The lowest BCUT2D eigenvalue weighted by Crippen LogP contribution is -2.53. The summed E-state index contributed by atoms with van der Waals surface area (Å²) in [5.41, 5.74) is 0.400. The molecule has 0 N–H and O–H groups in total. The van der Waals surface area contributed by atoms with Crippen molar-refractivity contribution in [1.82, 2.24) is 14.7 Å². The van der Waals surface area contributed by atoms with Crippen LogP contribution >= 0.6 is 0 Å². The van der Waals surface area contributed by atoms with Crippen molar-refractivity contribution in [1.29, 1.82) is 0 Å². The molecule has 0 saturated carbocycles. The first-order valence-corrected chi connectivity index (χ1v) is 9.91. The van der Waals surface area contributed by atoms with Crippen LogP contribution < -0.4 is 4.74 Å². The number of methoxy groups -OCH3 is 1. The minimum Gasteiger partial charge on any atom is -0.497 e. The molecule has 31 heavy (non-hydrogen) atoms. The zero-order chi connectivity index (χ0) is 22.2. The number of carbonyl (C=O) groups is 2. The zero-order valence-corrected chi connectivity index (χ0v) is 16.9. The minimum atomic E-state index is -4.44. The number of urea groups is 1. The van der Waals surface area contributed by atoms with E-state index in [2.05, 4.69) is 0 Å². The minimum absolute atomic E-state index is 0.0672. The molecule has 164 valence electrons. The van der Waals surface area contributed by atoms with Gasteiger partial charge in [-0.05, 0) is 42.0 Å². The van der Waals surface area contributed by atoms with Crippen molar-refractivity contribution in [3.05, 3.63) is 65.2 Å². The van der Waals surface area contributed by atoms with Crippen molar-refractivity contribution in [2.45, 2.75) is 18.8 Å². The van der Waals surface area contributed by atoms with Gasteiger partial charge in [-0.2, -0.15) is 13.2 Å². The largest absolute Gasteiger partial charge is 0.497 e. The zero-order valence-electron chi connectivity index (χ0n) is 16.9. The number of hydrogen-bond donors (Lipinski definition) is 0. The summed E-state index contributed by atoms with van der Waals surface area (Å²) in [5.74, 6) is 0.417. The molecule has 4 rings (SSSR count). The van der Waals surface area contributed by atoms with Crippen LogP contribution in [0.5, 0.6) is 5.75 Å². The normalized spacial score (nSPS) is 18.9. The van der Waals surface area contributed by atoms with Crippen LogP contribution in [-0.2, 0) is 12.7 Å². The predicted molar refractivity (Wildman–Crippen MR) is 107 cm³/mol. The van der Waals surface area contributed by atoms with E-state index in [1.54, 1.807) is 21.8 Å². The Labute approximate surface area is 177 Å². The quantitative estimate of drug-likeness (QED) is 0.742. The first-order chi connectivity index (χ1) is 14.8. The number of benzene rings is 2. The summed E-state index contributed by atoms with van der Waals surface area (Å²) in [6.45, 7) is 2.04. The van der Waals surface area contributed by atoms with Gasteiger partial charge in [0.2, 0.25) is 0 Å². The first kappa shape index (κ1) is 21.0. The lowest BCUT2D eigenvalue weighted by Gasteiger charge is -2.36. The average Bonchev–Trinajstić information content (AvgIpc) is 3.08. The molecule has 3 amide bonds. The molecule has 9 heteroatoms. The second kappa shape index (κ2) is 8.13. The van der Waals surface area contributed by atoms with Gasteiger partial charge in [0, 0.05) is 38.3 Å². The third-order valence-corrected chi connectivity index (χ3v) is 5.71. The molecule has 0 radical (unpaired) electrons. The predicted octanol–water partition coefficient (Wildman–Crippen LogP) is 3.48. The molecule has 2 saturated heterocycles. The number of alkyl halides is 3. The highest BCUT2D eigenvalue weighted by Gasteiger charge is 2.41. The van der Waals surface area contributed by atoms with Crippen molar-refractivity contribution < 1.29 is 27.5 Å². The summed E-state index contributed by atoms with van der Waals surface area (Å²) < 4.78 is 43.4. The van der Waals surface area contributed by atoms with Gasteiger partial charge in [-0.1, -0.05) is 12.1 Å². The number of halogens is 3. The Balaban J connectivity index is 1.40. The van der Waals surface area contributed by atoms with Crippen molar-refractivity contribution in [2.24, 2.45) is 0 Å². The fourth-order valence-corrected chi connectivity index (χ4v) is 4.03. The van der Waals surface area contributed by atoms with Gasteiger partial charge in [-0.3, -0.25) is 4.79 Å². The van der Waals surface area contributed by atoms with E-state index in [4.69, 9.17) is 4.74 Å². The smallest absolute Gasteiger partial charge is 0.416 e. The van der Waals surface area contributed by atoms with E-state index in [9.17, 15) is 22.8 Å². The van der Waals surface area contributed by atoms with Gasteiger partial charge in [-0.15, -0.1) is 0 Å². The Hall–Kier alpha value is -3.23. The number of fused-ring (bicyclic) bond motifs is 1. The van der Waals surface area contributed by atoms with Crippen LogP contribution in [0.2, 0.25) is 0 Å². The van der Waals surface area contributed by atoms with Crippen LogP contribution in [0.15, 0.2) is 48.5 Å². The Morgan fingerprint density at radius 3 is 2.32 bits per heavy atom. The molecule has 2 heterocycles. The Morgan fingerprint density at radius 2 is 1.71 bits per heavy atom. The molecule has 1 atom stereocenters. The SMILES string of the molecule is COc1ccc(CN2C[C@H]3CN(C(=O)c4ccc(C(F)(F)F)cc4)CCN3C2=O)cc1. The summed E-state index contributed by atoms with van der Waals surface area (Å²) in [4.78, 5) is 30.7. The highest BCUT2D eigenvalue weighted by molar-refractivity contribution is 5.94. The Bertz CT molecular complexity index is 961. The van der Waals surface area contributed by atoms with Crippen LogP contribution in [0.3, 0.4) is 0 Å². The fraction of sp³-hybridized carbons (Fsp3) is 0.364. The number of hydrogen-bond acceptors (Lipinski definition) is 3. The summed E-state index contributed by atoms with van der Waals surface area (Å²) in [7, 11) is 1.59. The maximum absolute atomic E-state index is 12.8. The second-order valence-corrected chi connectivity index (χ2v) is 7.68. The van der Waals surface area contributed by atoms with Crippen molar-refractivity contribution in [3.63, 3.8) is 0 Å². The molecule has 0 unspecified atom stereocenters. The molecule has 2 aliphatic rings. The van der Waals surface area contributed by atoms with E-state index in [-0.39, 0.29) is 23.5 Å². The van der Waals surface area contributed by atoms with Gasteiger partial charge in [0.05, 0.1) is 18.7 Å². The summed E-state index contributed by atoms with van der Waals surface area (Å²) in [6, 6.07) is 11.5. The van der Waals surface area contributed by atoms with Crippen molar-refractivity contribution in [2.75, 3.05) is 33.3 Å². The third kappa shape index (κ3) is 4.30. The number of carbonyl (C=O) groups excluding carboxylic acids is 2. The molecule has 6 nitrogen and oxygen atoms in total. The molecule has 0 aliphatic carbocycles. The first-order valence-electron chi connectivity index (χ1n) is 9.91. The molecule has 2 aromatic carbocycles. The molecule has 0 spiro atoms. The monoisotopic (exact) mass is 433 g/mol. The standard InChI is InChI=1S/C22H22F3N3O3/c1-31-19-8-2-15(3-9-19)12-27-14-18-13-26(10-11-28(18)21(27)30)20(29)16-4-6-17(7-5-16)22(23,24)25/h2-9,18H,10-14H2,1H3/t18-/m1/s1. The van der Waals surface area contributed by atoms with E-state index in [1.165, 1.54) is 12.1 Å². The van der Waals surface area contributed by atoms with E-state index in [0.717, 1.165) is 23.4 Å². The number of piperazine rings is 1. The van der Waals surface area contributed by atoms with E-state index in [0.29, 0.717) is 32.7 Å². The number of ether oxygens (including phenoxy) is 1. The number of amides is 3. The van der Waals surface area contributed by atoms with Crippen molar-refractivity contribution >= 4 is 11.9 Å². The van der Waals surface area contributed by atoms with Gasteiger partial charge in [0.1, 0.15) is 5.75 Å². The van der Waals surface area contributed by atoms with E-state index in [1.807, 2.05) is 24.3 Å².